The molecule has 27 heavy (non-hydrogen) atoms. The molecule has 1 aromatic carbocycles. The summed E-state index contributed by atoms with van der Waals surface area (Å²) in [5.41, 5.74) is 3.40. The monoisotopic (exact) mass is 371 g/mol. The van der Waals surface area contributed by atoms with Crippen LogP contribution in [-0.2, 0) is 4.74 Å². The number of aliphatic imine (C=N–C) groups is 3. The van der Waals surface area contributed by atoms with Crippen LogP contribution in [0.2, 0.25) is 0 Å². The number of ether oxygens (including phenoxy) is 1. The van der Waals surface area contributed by atoms with Gasteiger partial charge in [-0.15, -0.1) is 0 Å². The maximum absolute atomic E-state index is 5.38. The summed E-state index contributed by atoms with van der Waals surface area (Å²) in [4.78, 5) is 13.1. The highest BCUT2D eigenvalue weighted by molar-refractivity contribution is 6.03. The molecule has 6 nitrogen and oxygen atoms in total. The van der Waals surface area contributed by atoms with Crippen molar-refractivity contribution in [1.82, 2.24) is 5.32 Å². The van der Waals surface area contributed by atoms with Gasteiger partial charge in [0.2, 0.25) is 11.9 Å². The molecule has 0 saturated heterocycles. The molecule has 0 unspecified atom stereocenters. The molecule has 1 aliphatic rings. The molecule has 0 atom stereocenters. The van der Waals surface area contributed by atoms with Crippen molar-refractivity contribution in [2.45, 2.75) is 65.3 Å². The normalized spacial score (nSPS) is 16.7. The van der Waals surface area contributed by atoms with Crippen LogP contribution in [0.1, 0.15) is 56.6 Å². The lowest BCUT2D eigenvalue weighted by atomic mass is 10.1. The highest BCUT2D eigenvalue weighted by atomic mass is 16.5. The first-order valence-corrected chi connectivity index (χ1v) is 9.90. The van der Waals surface area contributed by atoms with Crippen LogP contribution in [0.3, 0.4) is 0 Å². The Labute approximate surface area is 163 Å². The van der Waals surface area contributed by atoms with E-state index in [2.05, 4.69) is 58.3 Å². The molecular weight excluding hydrogens is 338 g/mol. The van der Waals surface area contributed by atoms with Gasteiger partial charge in [-0.25, -0.2) is 9.98 Å². The highest BCUT2D eigenvalue weighted by Crippen LogP contribution is 2.17. The van der Waals surface area contributed by atoms with Gasteiger partial charge in [-0.1, -0.05) is 31.7 Å². The molecule has 6 heteroatoms. The molecule has 0 amide bonds. The highest BCUT2D eigenvalue weighted by Gasteiger charge is 2.14. The van der Waals surface area contributed by atoms with Crippen molar-refractivity contribution in [3.63, 3.8) is 0 Å². The summed E-state index contributed by atoms with van der Waals surface area (Å²) in [6, 6.07) is 6.56. The molecular formula is C21H33N5O. The number of benzene rings is 1. The van der Waals surface area contributed by atoms with Crippen LogP contribution in [0.25, 0.3) is 0 Å². The van der Waals surface area contributed by atoms with Gasteiger partial charge in [-0.3, -0.25) is 0 Å². The number of anilines is 1. The van der Waals surface area contributed by atoms with Crippen molar-refractivity contribution >= 4 is 24.3 Å². The summed E-state index contributed by atoms with van der Waals surface area (Å²) in [7, 11) is 0. The molecule has 1 aliphatic carbocycles. The van der Waals surface area contributed by atoms with Crippen LogP contribution in [0.5, 0.6) is 0 Å². The quantitative estimate of drug-likeness (QED) is 0.348. The zero-order valence-corrected chi connectivity index (χ0v) is 16.9. The van der Waals surface area contributed by atoms with Gasteiger partial charge in [0.1, 0.15) is 6.73 Å². The number of nitrogens with one attached hydrogen (secondary N) is 2. The number of rotatable bonds is 5. The third-order valence-corrected chi connectivity index (χ3v) is 4.82. The van der Waals surface area contributed by atoms with Gasteiger partial charge in [-0.2, -0.15) is 4.99 Å². The molecule has 148 valence electrons. The Morgan fingerprint density at radius 2 is 1.85 bits per heavy atom. The van der Waals surface area contributed by atoms with Crippen LogP contribution in [0, 0.1) is 13.8 Å². The van der Waals surface area contributed by atoms with Crippen LogP contribution < -0.4 is 10.6 Å². The lowest BCUT2D eigenvalue weighted by Crippen LogP contribution is -2.34. The van der Waals surface area contributed by atoms with E-state index in [-0.39, 0.29) is 6.73 Å². The first-order valence-electron chi connectivity index (χ1n) is 9.90. The van der Waals surface area contributed by atoms with E-state index in [9.17, 15) is 0 Å². The fraction of sp³-hybridized carbons (Fsp3) is 0.571. The van der Waals surface area contributed by atoms with E-state index >= 15 is 0 Å². The Morgan fingerprint density at radius 3 is 2.48 bits per heavy atom. The standard InChI is InChI=1S/C21H33N5O/c1-5-27-15-23-21(24-18-10-8-6-7-9-11-18)26-20(22-4)25-19-13-12-16(2)17(3)14-19/h12-14,18H,4-11,15H2,1-3H3,(H2,23,24,25,26). The minimum absolute atomic E-state index is 0.281. The van der Waals surface area contributed by atoms with Gasteiger partial charge >= 0.3 is 0 Å². The van der Waals surface area contributed by atoms with Crippen LogP contribution in [0.4, 0.5) is 5.69 Å². The van der Waals surface area contributed by atoms with Crippen molar-refractivity contribution in [2.24, 2.45) is 15.0 Å². The number of hydrogen-bond acceptors (Lipinski definition) is 2. The van der Waals surface area contributed by atoms with E-state index < -0.39 is 0 Å². The second-order valence-corrected chi connectivity index (χ2v) is 6.95. The van der Waals surface area contributed by atoms with Gasteiger partial charge in [0, 0.05) is 18.3 Å². The lowest BCUT2D eigenvalue weighted by molar-refractivity contribution is 0.156. The summed E-state index contributed by atoms with van der Waals surface area (Å²) in [6.07, 6.45) is 7.39. The van der Waals surface area contributed by atoms with Crippen molar-refractivity contribution in [3.05, 3.63) is 29.3 Å². The Balaban J connectivity index is 2.13. The second-order valence-electron chi connectivity index (χ2n) is 6.95. The molecule has 0 aromatic heterocycles. The van der Waals surface area contributed by atoms with E-state index in [1.54, 1.807) is 0 Å². The third kappa shape index (κ3) is 7.51. The Kier molecular flexibility index (Phi) is 8.98. The van der Waals surface area contributed by atoms with E-state index in [1.807, 2.05) is 13.0 Å². The lowest BCUT2D eigenvalue weighted by Gasteiger charge is -2.17. The Bertz CT molecular complexity index is 661. The minimum atomic E-state index is 0.281. The SMILES string of the molecule is C=N/C(=N\C(=N/COCC)NC1CCCCCC1)Nc1ccc(C)c(C)c1. The van der Waals surface area contributed by atoms with Gasteiger partial charge in [0.05, 0.1) is 0 Å². The van der Waals surface area contributed by atoms with Crippen molar-refractivity contribution in [3.8, 4) is 0 Å². The maximum Gasteiger partial charge on any atom is 0.229 e. The number of guanidine groups is 2. The molecule has 0 aliphatic heterocycles. The molecule has 2 rings (SSSR count). The molecule has 0 heterocycles. The van der Waals surface area contributed by atoms with Crippen LogP contribution >= 0.6 is 0 Å². The zero-order chi connectivity index (χ0) is 19.5. The third-order valence-electron chi connectivity index (χ3n) is 4.82. The summed E-state index contributed by atoms with van der Waals surface area (Å²) < 4.78 is 5.38. The summed E-state index contributed by atoms with van der Waals surface area (Å²) >= 11 is 0. The van der Waals surface area contributed by atoms with E-state index in [1.165, 1.54) is 36.8 Å². The van der Waals surface area contributed by atoms with Gasteiger partial charge in [-0.05, 0) is 63.6 Å². The molecule has 1 aromatic rings. The molecule has 0 bridgehead atoms. The van der Waals surface area contributed by atoms with Gasteiger partial charge in [0.25, 0.3) is 0 Å². The molecule has 0 spiro atoms. The fourth-order valence-corrected chi connectivity index (χ4v) is 3.07. The van der Waals surface area contributed by atoms with Crippen molar-refractivity contribution < 1.29 is 4.74 Å². The average Bonchev–Trinajstić information content (AvgIpc) is 2.93. The largest absolute Gasteiger partial charge is 0.359 e. The fourth-order valence-electron chi connectivity index (χ4n) is 3.07. The molecule has 2 N–H and O–H groups in total. The Morgan fingerprint density at radius 1 is 1.11 bits per heavy atom. The first-order chi connectivity index (χ1) is 13.1. The van der Waals surface area contributed by atoms with E-state index in [4.69, 9.17) is 4.74 Å². The summed E-state index contributed by atoms with van der Waals surface area (Å²) in [5, 5.41) is 6.71. The maximum atomic E-state index is 5.38. The molecule has 0 radical (unpaired) electrons. The number of aryl methyl sites for hydroxylation is 2. The number of nitrogens with zero attached hydrogens (tertiary/aromatic N) is 3. The number of hydrogen-bond donors (Lipinski definition) is 2. The average molecular weight is 372 g/mol. The van der Waals surface area contributed by atoms with Crippen molar-refractivity contribution in [1.29, 1.82) is 0 Å². The first kappa shape index (κ1) is 21.1. The van der Waals surface area contributed by atoms with E-state index in [0.29, 0.717) is 24.6 Å². The summed E-state index contributed by atoms with van der Waals surface area (Å²) in [5.74, 6) is 0.976. The van der Waals surface area contributed by atoms with Gasteiger partial charge < -0.3 is 15.4 Å². The van der Waals surface area contributed by atoms with E-state index in [0.717, 1.165) is 18.5 Å². The van der Waals surface area contributed by atoms with Crippen molar-refractivity contribution in [2.75, 3.05) is 18.7 Å². The van der Waals surface area contributed by atoms with Crippen LogP contribution in [0.15, 0.2) is 33.2 Å². The second kappa shape index (κ2) is 11.5. The van der Waals surface area contributed by atoms with Crippen LogP contribution in [-0.4, -0.2) is 38.0 Å². The molecule has 1 saturated carbocycles. The topological polar surface area (TPSA) is 70.4 Å². The summed E-state index contributed by atoms with van der Waals surface area (Å²) in [6.45, 7) is 10.7. The Hall–Kier alpha value is -2.21. The van der Waals surface area contributed by atoms with Gasteiger partial charge in [0.15, 0.2) is 0 Å². The predicted octanol–water partition coefficient (Wildman–Crippen LogP) is 4.43. The minimum Gasteiger partial charge on any atom is -0.359 e. The predicted molar refractivity (Wildman–Crippen MR) is 115 cm³/mol. The smallest absolute Gasteiger partial charge is 0.229 e. The zero-order valence-electron chi connectivity index (χ0n) is 16.9. The molecule has 1 fully saturated rings.